The highest BCUT2D eigenvalue weighted by atomic mass is 16.2. The van der Waals surface area contributed by atoms with E-state index < -0.39 is 0 Å². The molecule has 0 bridgehead atoms. The van der Waals surface area contributed by atoms with Gasteiger partial charge in [0, 0.05) is 37.5 Å². The zero-order valence-corrected chi connectivity index (χ0v) is 17.2. The van der Waals surface area contributed by atoms with Crippen LogP contribution >= 0.6 is 0 Å². The van der Waals surface area contributed by atoms with Gasteiger partial charge in [0.2, 0.25) is 17.7 Å². The van der Waals surface area contributed by atoms with Gasteiger partial charge in [-0.2, -0.15) is 0 Å². The van der Waals surface area contributed by atoms with Crippen LogP contribution in [-0.4, -0.2) is 40.7 Å². The van der Waals surface area contributed by atoms with E-state index in [1.165, 1.54) is 13.0 Å². The highest BCUT2D eigenvalue weighted by Crippen LogP contribution is 2.19. The Bertz CT molecular complexity index is 953. The Labute approximate surface area is 176 Å². The van der Waals surface area contributed by atoms with Gasteiger partial charge in [-0.3, -0.25) is 14.4 Å². The molecule has 3 amide bonds. The normalized spacial score (nSPS) is 16.3. The van der Waals surface area contributed by atoms with Crippen LogP contribution in [0.2, 0.25) is 0 Å². The zero-order chi connectivity index (χ0) is 21.5. The molecule has 0 spiro atoms. The lowest BCUT2D eigenvalue weighted by Crippen LogP contribution is -2.43. The number of carbonyl (C=O) groups excluding carboxylic acids is 3. The van der Waals surface area contributed by atoms with Crippen molar-refractivity contribution in [2.75, 3.05) is 23.7 Å². The second-order valence-corrected chi connectivity index (χ2v) is 7.41. The molecular weight excluding hydrogens is 380 g/mol. The number of carbonyl (C=O) groups is 3. The largest absolute Gasteiger partial charge is 0.338 e. The molecule has 1 saturated heterocycles. The van der Waals surface area contributed by atoms with E-state index in [0.29, 0.717) is 24.6 Å². The molecule has 1 aliphatic heterocycles. The van der Waals surface area contributed by atoms with Crippen LogP contribution in [0, 0.1) is 12.8 Å². The Kier molecular flexibility index (Phi) is 6.95. The van der Waals surface area contributed by atoms with E-state index in [1.54, 1.807) is 29.2 Å². The zero-order valence-electron chi connectivity index (χ0n) is 17.2. The van der Waals surface area contributed by atoms with Crippen LogP contribution in [0.25, 0.3) is 6.08 Å². The minimum Gasteiger partial charge on any atom is -0.338 e. The van der Waals surface area contributed by atoms with Gasteiger partial charge in [0.1, 0.15) is 5.82 Å². The fraction of sp³-hybridized carbons (Fsp3) is 0.304. The van der Waals surface area contributed by atoms with Crippen LogP contribution in [0.5, 0.6) is 0 Å². The van der Waals surface area contributed by atoms with E-state index in [1.807, 2.05) is 31.2 Å². The molecule has 2 aromatic rings. The first-order chi connectivity index (χ1) is 14.4. The van der Waals surface area contributed by atoms with Crippen molar-refractivity contribution < 1.29 is 14.4 Å². The number of rotatable bonds is 5. The third-order valence-corrected chi connectivity index (χ3v) is 4.89. The van der Waals surface area contributed by atoms with Gasteiger partial charge < -0.3 is 15.5 Å². The summed E-state index contributed by atoms with van der Waals surface area (Å²) < 4.78 is 0. The minimum absolute atomic E-state index is 0.108. The average Bonchev–Trinajstić information content (AvgIpc) is 2.73. The van der Waals surface area contributed by atoms with Crippen molar-refractivity contribution in [1.29, 1.82) is 0 Å². The van der Waals surface area contributed by atoms with Crippen LogP contribution < -0.4 is 10.6 Å². The Balaban J connectivity index is 1.56. The Hall–Kier alpha value is -3.48. The van der Waals surface area contributed by atoms with Gasteiger partial charge in [-0.05, 0) is 55.7 Å². The number of hydrogen-bond acceptors (Lipinski definition) is 4. The summed E-state index contributed by atoms with van der Waals surface area (Å²) >= 11 is 0. The van der Waals surface area contributed by atoms with Crippen molar-refractivity contribution in [2.45, 2.75) is 26.7 Å². The van der Waals surface area contributed by atoms with E-state index in [0.717, 1.165) is 24.1 Å². The molecule has 3 rings (SSSR count). The molecule has 156 valence electrons. The summed E-state index contributed by atoms with van der Waals surface area (Å²) in [5.41, 5.74) is 2.40. The SMILES string of the molecule is CC(=O)Nc1ccc(C=CC(=O)N2CCCC(C(=O)Nc3cccc(C)n3)C2)cc1. The highest BCUT2D eigenvalue weighted by molar-refractivity contribution is 5.94. The predicted octanol–water partition coefficient (Wildman–Crippen LogP) is 3.24. The number of piperidine rings is 1. The summed E-state index contributed by atoms with van der Waals surface area (Å²) in [4.78, 5) is 42.3. The molecule has 1 aromatic carbocycles. The van der Waals surface area contributed by atoms with Crippen molar-refractivity contribution in [2.24, 2.45) is 5.92 Å². The number of aromatic nitrogens is 1. The molecule has 2 N–H and O–H groups in total. The summed E-state index contributed by atoms with van der Waals surface area (Å²) in [7, 11) is 0. The van der Waals surface area contributed by atoms with Crippen LogP contribution in [0.1, 0.15) is 31.0 Å². The van der Waals surface area contributed by atoms with Crippen LogP contribution in [-0.2, 0) is 14.4 Å². The Morgan fingerprint density at radius 1 is 1.10 bits per heavy atom. The number of nitrogens with one attached hydrogen (secondary N) is 2. The summed E-state index contributed by atoms with van der Waals surface area (Å²) in [6, 6.07) is 12.7. The van der Waals surface area contributed by atoms with Gasteiger partial charge in [0.05, 0.1) is 5.92 Å². The van der Waals surface area contributed by atoms with Crippen molar-refractivity contribution in [3.63, 3.8) is 0 Å². The molecule has 7 heteroatoms. The standard InChI is InChI=1S/C23H26N4O3/c1-16-5-3-7-21(24-16)26-23(30)19-6-4-14-27(15-19)22(29)13-10-18-8-11-20(12-9-18)25-17(2)28/h3,5,7-13,19H,4,6,14-15H2,1-2H3,(H,25,28)(H,24,26,30). The number of aryl methyl sites for hydroxylation is 1. The quantitative estimate of drug-likeness (QED) is 0.746. The van der Waals surface area contributed by atoms with E-state index >= 15 is 0 Å². The molecule has 0 saturated carbocycles. The maximum Gasteiger partial charge on any atom is 0.246 e. The monoisotopic (exact) mass is 406 g/mol. The average molecular weight is 406 g/mol. The van der Waals surface area contributed by atoms with Gasteiger partial charge >= 0.3 is 0 Å². The fourth-order valence-corrected chi connectivity index (χ4v) is 3.39. The third kappa shape index (κ3) is 6.01. The number of anilines is 2. The second-order valence-electron chi connectivity index (χ2n) is 7.41. The van der Waals surface area contributed by atoms with Gasteiger partial charge in [-0.25, -0.2) is 4.98 Å². The molecule has 0 radical (unpaired) electrons. The third-order valence-electron chi connectivity index (χ3n) is 4.89. The summed E-state index contributed by atoms with van der Waals surface area (Å²) in [5, 5.41) is 5.56. The van der Waals surface area contributed by atoms with Crippen molar-refractivity contribution in [3.8, 4) is 0 Å². The summed E-state index contributed by atoms with van der Waals surface area (Å²) in [6.45, 7) is 4.35. The first-order valence-electron chi connectivity index (χ1n) is 10.00. The van der Waals surface area contributed by atoms with Gasteiger partial charge in [-0.15, -0.1) is 0 Å². The number of nitrogens with zero attached hydrogens (tertiary/aromatic N) is 2. The number of benzene rings is 1. The molecule has 1 aliphatic rings. The number of likely N-dealkylation sites (tertiary alicyclic amines) is 1. The first-order valence-corrected chi connectivity index (χ1v) is 10.00. The molecule has 1 fully saturated rings. The molecule has 1 atom stereocenters. The molecular formula is C23H26N4O3. The summed E-state index contributed by atoms with van der Waals surface area (Å²) in [6.07, 6.45) is 4.79. The molecule has 0 aliphatic carbocycles. The minimum atomic E-state index is -0.254. The van der Waals surface area contributed by atoms with Crippen LogP contribution in [0.4, 0.5) is 11.5 Å². The van der Waals surface area contributed by atoms with E-state index in [-0.39, 0.29) is 23.6 Å². The topological polar surface area (TPSA) is 91.4 Å². The highest BCUT2D eigenvalue weighted by Gasteiger charge is 2.27. The predicted molar refractivity (Wildman–Crippen MR) is 117 cm³/mol. The van der Waals surface area contributed by atoms with Crippen molar-refractivity contribution >= 4 is 35.3 Å². The van der Waals surface area contributed by atoms with Crippen LogP contribution in [0.15, 0.2) is 48.5 Å². The lowest BCUT2D eigenvalue weighted by Gasteiger charge is -2.31. The Morgan fingerprint density at radius 2 is 1.87 bits per heavy atom. The van der Waals surface area contributed by atoms with Gasteiger partial charge in [-0.1, -0.05) is 18.2 Å². The molecule has 2 heterocycles. The molecule has 1 unspecified atom stereocenters. The first kappa shape index (κ1) is 21.2. The van der Waals surface area contributed by atoms with Crippen molar-refractivity contribution in [1.82, 2.24) is 9.88 Å². The molecule has 1 aromatic heterocycles. The Morgan fingerprint density at radius 3 is 2.57 bits per heavy atom. The van der Waals surface area contributed by atoms with Gasteiger partial charge in [0.25, 0.3) is 0 Å². The van der Waals surface area contributed by atoms with E-state index in [9.17, 15) is 14.4 Å². The fourth-order valence-electron chi connectivity index (χ4n) is 3.39. The second kappa shape index (κ2) is 9.82. The number of hydrogen-bond donors (Lipinski definition) is 2. The smallest absolute Gasteiger partial charge is 0.246 e. The maximum atomic E-state index is 12.6. The molecule has 30 heavy (non-hydrogen) atoms. The van der Waals surface area contributed by atoms with E-state index in [4.69, 9.17) is 0 Å². The van der Waals surface area contributed by atoms with Gasteiger partial charge in [0.15, 0.2) is 0 Å². The number of amides is 3. The van der Waals surface area contributed by atoms with Crippen LogP contribution in [0.3, 0.4) is 0 Å². The molecule has 7 nitrogen and oxygen atoms in total. The summed E-state index contributed by atoms with van der Waals surface area (Å²) in [5.74, 6) is -0.0768. The van der Waals surface area contributed by atoms with Crippen molar-refractivity contribution in [3.05, 3.63) is 59.8 Å². The number of pyridine rings is 1. The lowest BCUT2D eigenvalue weighted by atomic mass is 9.97. The maximum absolute atomic E-state index is 12.6. The van der Waals surface area contributed by atoms with E-state index in [2.05, 4.69) is 15.6 Å². The lowest BCUT2D eigenvalue weighted by molar-refractivity contribution is -0.130.